The van der Waals surface area contributed by atoms with Gasteiger partial charge in [0.05, 0.1) is 11.2 Å². The topological polar surface area (TPSA) is 132 Å². The fourth-order valence-corrected chi connectivity index (χ4v) is 3.12. The van der Waals surface area contributed by atoms with Gasteiger partial charge in [0.15, 0.2) is 5.76 Å². The lowest BCUT2D eigenvalue weighted by atomic mass is 10.1. The smallest absolute Gasteiger partial charge is 0.291 e. The molecular weight excluding hydrogens is 394 g/mol. The second-order valence-electron chi connectivity index (χ2n) is 6.21. The van der Waals surface area contributed by atoms with E-state index in [1.165, 1.54) is 18.4 Å². The molecule has 0 aliphatic carbocycles. The van der Waals surface area contributed by atoms with E-state index in [2.05, 4.69) is 10.6 Å². The number of nitrogens with one attached hydrogen (secondary N) is 2. The molecular formula is C20H19N3O5S. The summed E-state index contributed by atoms with van der Waals surface area (Å²) in [5.41, 5.74) is 1.72. The van der Waals surface area contributed by atoms with Crippen LogP contribution in [-0.4, -0.2) is 26.8 Å². The Hall–Kier alpha value is -3.43. The predicted molar refractivity (Wildman–Crippen MR) is 107 cm³/mol. The van der Waals surface area contributed by atoms with Crippen molar-refractivity contribution < 1.29 is 22.4 Å². The van der Waals surface area contributed by atoms with E-state index in [4.69, 9.17) is 9.56 Å². The summed E-state index contributed by atoms with van der Waals surface area (Å²) >= 11 is 0. The molecule has 1 heterocycles. The Morgan fingerprint density at radius 2 is 1.72 bits per heavy atom. The molecule has 1 aromatic heterocycles. The highest BCUT2D eigenvalue weighted by Crippen LogP contribution is 2.13. The van der Waals surface area contributed by atoms with Gasteiger partial charge in [-0.2, -0.15) is 0 Å². The number of amides is 2. The number of nitrogens with two attached hydrogens (primary N) is 1. The molecule has 0 aliphatic heterocycles. The van der Waals surface area contributed by atoms with Crippen LogP contribution < -0.4 is 15.8 Å². The van der Waals surface area contributed by atoms with Gasteiger partial charge < -0.3 is 15.1 Å². The van der Waals surface area contributed by atoms with Gasteiger partial charge in [-0.15, -0.1) is 0 Å². The summed E-state index contributed by atoms with van der Waals surface area (Å²) in [6.45, 7) is 0.358. The fraction of sp³-hybridized carbons (Fsp3) is 0.100. The second-order valence-corrected chi connectivity index (χ2v) is 7.77. The van der Waals surface area contributed by atoms with E-state index < -0.39 is 15.9 Å². The van der Waals surface area contributed by atoms with Crippen molar-refractivity contribution in [3.63, 3.8) is 0 Å². The largest absolute Gasteiger partial charge is 0.459 e. The predicted octanol–water partition coefficient (Wildman–Crippen LogP) is 2.15. The van der Waals surface area contributed by atoms with Gasteiger partial charge in [0.25, 0.3) is 11.8 Å². The lowest BCUT2D eigenvalue weighted by Gasteiger charge is -2.08. The lowest BCUT2D eigenvalue weighted by Crippen LogP contribution is -2.25. The number of benzene rings is 2. The van der Waals surface area contributed by atoms with Crippen LogP contribution in [0.25, 0.3) is 0 Å². The number of rotatable bonds is 7. The zero-order valence-corrected chi connectivity index (χ0v) is 16.1. The first kappa shape index (κ1) is 20.3. The maximum absolute atomic E-state index is 12.3. The average Bonchev–Trinajstić information content (AvgIpc) is 3.23. The average molecular weight is 413 g/mol. The highest BCUT2D eigenvalue weighted by Gasteiger charge is 2.11. The number of hydrogen-bond acceptors (Lipinski definition) is 5. The van der Waals surface area contributed by atoms with Gasteiger partial charge in [-0.1, -0.05) is 18.2 Å². The minimum Gasteiger partial charge on any atom is -0.459 e. The van der Waals surface area contributed by atoms with Gasteiger partial charge in [-0.25, -0.2) is 13.6 Å². The Morgan fingerprint density at radius 3 is 2.38 bits per heavy atom. The maximum atomic E-state index is 12.3. The Morgan fingerprint density at radius 1 is 0.966 bits per heavy atom. The van der Waals surface area contributed by atoms with Gasteiger partial charge in [0.1, 0.15) is 0 Å². The molecule has 3 rings (SSSR count). The van der Waals surface area contributed by atoms with Crippen molar-refractivity contribution in [2.45, 2.75) is 11.3 Å². The van der Waals surface area contributed by atoms with E-state index >= 15 is 0 Å². The number of furan rings is 1. The molecule has 2 amide bonds. The van der Waals surface area contributed by atoms with Crippen molar-refractivity contribution in [3.8, 4) is 0 Å². The van der Waals surface area contributed by atoms with E-state index in [1.807, 2.05) is 0 Å². The molecule has 8 nitrogen and oxygen atoms in total. The van der Waals surface area contributed by atoms with Crippen molar-refractivity contribution in [1.82, 2.24) is 5.32 Å². The molecule has 0 bridgehead atoms. The molecule has 150 valence electrons. The maximum Gasteiger partial charge on any atom is 0.291 e. The monoisotopic (exact) mass is 413 g/mol. The van der Waals surface area contributed by atoms with E-state index in [-0.39, 0.29) is 16.6 Å². The van der Waals surface area contributed by atoms with Crippen LogP contribution >= 0.6 is 0 Å². The van der Waals surface area contributed by atoms with Crippen LogP contribution in [0, 0.1) is 0 Å². The van der Waals surface area contributed by atoms with Gasteiger partial charge in [-0.05, 0) is 54.4 Å². The molecule has 0 saturated heterocycles. The molecule has 0 atom stereocenters. The fourth-order valence-electron chi connectivity index (χ4n) is 2.61. The third-order valence-electron chi connectivity index (χ3n) is 4.08. The quantitative estimate of drug-likeness (QED) is 0.546. The number of hydrogen-bond donors (Lipinski definition) is 3. The summed E-state index contributed by atoms with van der Waals surface area (Å²) in [5, 5.41) is 10.5. The molecule has 4 N–H and O–H groups in total. The van der Waals surface area contributed by atoms with Crippen molar-refractivity contribution in [3.05, 3.63) is 83.8 Å². The molecule has 0 unspecified atom stereocenters. The minimum absolute atomic E-state index is 0.0405. The first-order chi connectivity index (χ1) is 13.8. The van der Waals surface area contributed by atoms with Gasteiger partial charge in [0, 0.05) is 17.8 Å². The summed E-state index contributed by atoms with van der Waals surface area (Å²) < 4.78 is 27.5. The van der Waals surface area contributed by atoms with Crippen LogP contribution in [0.1, 0.15) is 26.5 Å². The number of primary sulfonamides is 1. The summed E-state index contributed by atoms with van der Waals surface area (Å²) in [7, 11) is -3.72. The van der Waals surface area contributed by atoms with Crippen LogP contribution in [0.4, 0.5) is 5.69 Å². The van der Waals surface area contributed by atoms with Crippen LogP contribution in [0.3, 0.4) is 0 Å². The van der Waals surface area contributed by atoms with Crippen LogP contribution in [-0.2, 0) is 16.4 Å². The Labute approximate surface area is 167 Å². The van der Waals surface area contributed by atoms with E-state index in [0.29, 0.717) is 24.2 Å². The normalized spacial score (nSPS) is 11.1. The Bertz CT molecular complexity index is 1110. The first-order valence-corrected chi connectivity index (χ1v) is 10.2. The van der Waals surface area contributed by atoms with Crippen molar-refractivity contribution in [1.29, 1.82) is 0 Å². The standard InChI is InChI=1S/C20H19N3O5S/c21-29(26,27)17-8-6-14(7-9-17)10-11-22-19(24)15-3-1-4-16(13-15)23-20(25)18-5-2-12-28-18/h1-9,12-13H,10-11H2,(H,22,24)(H,23,25)(H2,21,26,27). The SMILES string of the molecule is NS(=O)(=O)c1ccc(CCNC(=O)c2cccc(NC(=O)c3ccco3)c2)cc1. The summed E-state index contributed by atoms with van der Waals surface area (Å²) in [6.07, 6.45) is 1.92. The summed E-state index contributed by atoms with van der Waals surface area (Å²) in [4.78, 5) is 24.4. The highest BCUT2D eigenvalue weighted by molar-refractivity contribution is 7.89. The van der Waals surface area contributed by atoms with Crippen LogP contribution in [0.2, 0.25) is 0 Å². The number of anilines is 1. The third-order valence-corrected chi connectivity index (χ3v) is 5.01. The van der Waals surface area contributed by atoms with Crippen molar-refractivity contribution in [2.75, 3.05) is 11.9 Å². The van der Waals surface area contributed by atoms with E-state index in [0.717, 1.165) is 5.56 Å². The zero-order chi connectivity index (χ0) is 20.9. The third kappa shape index (κ3) is 5.53. The van der Waals surface area contributed by atoms with E-state index in [9.17, 15) is 18.0 Å². The number of sulfonamides is 1. The summed E-state index contributed by atoms with van der Waals surface area (Å²) in [5.74, 6) is -0.524. The Kier molecular flexibility index (Phi) is 6.10. The van der Waals surface area contributed by atoms with Crippen LogP contribution in [0.5, 0.6) is 0 Å². The first-order valence-electron chi connectivity index (χ1n) is 8.68. The van der Waals surface area contributed by atoms with E-state index in [1.54, 1.807) is 48.5 Å². The Balaban J connectivity index is 1.55. The van der Waals surface area contributed by atoms with Crippen molar-refractivity contribution >= 4 is 27.5 Å². The van der Waals surface area contributed by atoms with Gasteiger partial charge in [0.2, 0.25) is 10.0 Å². The number of carbonyl (C=O) groups excluding carboxylic acids is 2. The molecule has 0 saturated carbocycles. The zero-order valence-electron chi connectivity index (χ0n) is 15.3. The molecule has 3 aromatic rings. The lowest BCUT2D eigenvalue weighted by molar-refractivity contribution is 0.0952. The molecule has 0 radical (unpaired) electrons. The molecule has 29 heavy (non-hydrogen) atoms. The molecule has 9 heteroatoms. The van der Waals surface area contributed by atoms with Crippen LogP contribution in [0.15, 0.2) is 76.2 Å². The highest BCUT2D eigenvalue weighted by atomic mass is 32.2. The molecule has 0 fully saturated rings. The molecule has 0 spiro atoms. The minimum atomic E-state index is -3.72. The van der Waals surface area contributed by atoms with Gasteiger partial charge >= 0.3 is 0 Å². The summed E-state index contributed by atoms with van der Waals surface area (Å²) in [6, 6.07) is 15.9. The van der Waals surface area contributed by atoms with Crippen molar-refractivity contribution in [2.24, 2.45) is 5.14 Å². The second kappa shape index (κ2) is 8.72. The molecule has 2 aromatic carbocycles. The molecule has 0 aliphatic rings. The number of carbonyl (C=O) groups is 2. The van der Waals surface area contributed by atoms with Gasteiger partial charge in [-0.3, -0.25) is 9.59 Å².